The molecule has 7 nitrogen and oxygen atoms in total. The third kappa shape index (κ3) is 2.78. The van der Waals surface area contributed by atoms with Crippen LogP contribution in [0.25, 0.3) is 0 Å². The summed E-state index contributed by atoms with van der Waals surface area (Å²) in [6.07, 6.45) is 4.56. The minimum absolute atomic E-state index is 0.249. The van der Waals surface area contributed by atoms with Gasteiger partial charge in [0.05, 0.1) is 11.9 Å². The van der Waals surface area contributed by atoms with Crippen LogP contribution < -0.4 is 0 Å². The fraction of sp³-hybridized carbons (Fsp3) is 0.667. The van der Waals surface area contributed by atoms with E-state index in [9.17, 15) is 5.11 Å². The van der Waals surface area contributed by atoms with Crippen molar-refractivity contribution in [3.8, 4) is 0 Å². The van der Waals surface area contributed by atoms with E-state index in [-0.39, 0.29) is 6.04 Å². The van der Waals surface area contributed by atoms with Gasteiger partial charge in [0.1, 0.15) is 11.3 Å². The summed E-state index contributed by atoms with van der Waals surface area (Å²) in [4.78, 5) is 2.23. The summed E-state index contributed by atoms with van der Waals surface area (Å²) in [5.41, 5.74) is 2.01. The third-order valence-corrected chi connectivity index (χ3v) is 4.33. The zero-order valence-corrected chi connectivity index (χ0v) is 13.7. The Morgan fingerprint density at radius 2 is 2.14 bits per heavy atom. The van der Waals surface area contributed by atoms with Crippen molar-refractivity contribution in [2.24, 2.45) is 7.05 Å². The summed E-state index contributed by atoms with van der Waals surface area (Å²) in [5, 5.41) is 23.7. The molecule has 22 heavy (non-hydrogen) atoms. The molecule has 3 rings (SSSR count). The second kappa shape index (κ2) is 5.48. The first-order chi connectivity index (χ1) is 10.4. The molecule has 0 aromatic carbocycles. The second-order valence-corrected chi connectivity index (χ2v) is 6.60. The molecule has 120 valence electrons. The van der Waals surface area contributed by atoms with Gasteiger partial charge in [0.2, 0.25) is 0 Å². The largest absolute Gasteiger partial charge is 0.382 e. The van der Waals surface area contributed by atoms with Crippen LogP contribution in [0, 0.1) is 6.92 Å². The lowest BCUT2D eigenvalue weighted by atomic mass is 10.00. The van der Waals surface area contributed by atoms with Crippen LogP contribution in [0.4, 0.5) is 0 Å². The Kier molecular flexibility index (Phi) is 3.78. The number of aliphatic hydroxyl groups is 1. The van der Waals surface area contributed by atoms with E-state index in [0.29, 0.717) is 18.7 Å². The highest BCUT2D eigenvalue weighted by molar-refractivity contribution is 5.16. The maximum atomic E-state index is 10.9. The summed E-state index contributed by atoms with van der Waals surface area (Å²) in [5.74, 6) is 0. The van der Waals surface area contributed by atoms with Crippen molar-refractivity contribution in [3.63, 3.8) is 0 Å². The number of aromatic nitrogens is 5. The van der Waals surface area contributed by atoms with E-state index >= 15 is 0 Å². The lowest BCUT2D eigenvalue weighted by Crippen LogP contribution is -2.31. The topological polar surface area (TPSA) is 72.0 Å². The summed E-state index contributed by atoms with van der Waals surface area (Å²) in [6, 6.07) is 0.249. The number of β-amino-alcohol motifs (C(OH)–C–C–N with tert-alkyl or cyclic N) is 1. The maximum Gasteiger partial charge on any atom is 0.124 e. The molecule has 3 heterocycles. The average Bonchev–Trinajstić information content (AvgIpc) is 3.11. The van der Waals surface area contributed by atoms with Crippen molar-refractivity contribution in [3.05, 3.63) is 29.3 Å². The zero-order valence-electron chi connectivity index (χ0n) is 13.7. The van der Waals surface area contributed by atoms with E-state index in [2.05, 4.69) is 27.2 Å². The Bertz CT molecular complexity index is 661. The van der Waals surface area contributed by atoms with Gasteiger partial charge >= 0.3 is 0 Å². The van der Waals surface area contributed by atoms with E-state index in [1.807, 2.05) is 38.0 Å². The minimum atomic E-state index is -0.907. The molecule has 2 aromatic rings. The maximum absolute atomic E-state index is 10.9. The standard InChI is InChI=1S/C15H24N6O/c1-11(2)21-9-14(16-18-21)15(22)5-6-20(10-15)8-13-12(3)7-19(4)17-13/h7,9,11,22H,5-6,8,10H2,1-4H3. The van der Waals surface area contributed by atoms with Crippen molar-refractivity contribution < 1.29 is 5.11 Å². The van der Waals surface area contributed by atoms with Crippen molar-refractivity contribution in [2.75, 3.05) is 13.1 Å². The summed E-state index contributed by atoms with van der Waals surface area (Å²) >= 11 is 0. The van der Waals surface area contributed by atoms with Crippen LogP contribution in [0.2, 0.25) is 0 Å². The molecule has 1 atom stereocenters. The Labute approximate surface area is 130 Å². The molecule has 0 radical (unpaired) electrons. The first-order valence-corrected chi connectivity index (χ1v) is 7.73. The molecule has 0 saturated carbocycles. The Morgan fingerprint density at radius 1 is 1.36 bits per heavy atom. The van der Waals surface area contributed by atoms with Crippen molar-refractivity contribution >= 4 is 0 Å². The van der Waals surface area contributed by atoms with E-state index < -0.39 is 5.60 Å². The number of aryl methyl sites for hydroxylation is 2. The molecule has 1 unspecified atom stereocenters. The number of nitrogens with zero attached hydrogens (tertiary/aromatic N) is 6. The molecule has 1 saturated heterocycles. The lowest BCUT2D eigenvalue weighted by molar-refractivity contribution is 0.0406. The monoisotopic (exact) mass is 304 g/mol. The van der Waals surface area contributed by atoms with Crippen LogP contribution in [0.1, 0.15) is 43.3 Å². The molecule has 2 aromatic heterocycles. The first-order valence-electron chi connectivity index (χ1n) is 7.73. The first kappa shape index (κ1) is 15.2. The molecule has 1 fully saturated rings. The average molecular weight is 304 g/mol. The number of hydrogen-bond donors (Lipinski definition) is 1. The highest BCUT2D eigenvalue weighted by Crippen LogP contribution is 2.31. The van der Waals surface area contributed by atoms with Gasteiger partial charge in [-0.2, -0.15) is 5.10 Å². The quantitative estimate of drug-likeness (QED) is 0.912. The Hall–Kier alpha value is -1.73. The molecule has 7 heteroatoms. The van der Waals surface area contributed by atoms with Crippen molar-refractivity contribution in [1.29, 1.82) is 0 Å². The van der Waals surface area contributed by atoms with Crippen LogP contribution in [0.15, 0.2) is 12.4 Å². The summed E-state index contributed by atoms with van der Waals surface area (Å²) < 4.78 is 3.63. The Balaban J connectivity index is 1.71. The molecule has 1 aliphatic heterocycles. The fourth-order valence-electron chi connectivity index (χ4n) is 2.98. The predicted octanol–water partition coefficient (Wildman–Crippen LogP) is 0.994. The number of likely N-dealkylation sites (tertiary alicyclic amines) is 1. The van der Waals surface area contributed by atoms with E-state index in [4.69, 9.17) is 0 Å². The Morgan fingerprint density at radius 3 is 2.73 bits per heavy atom. The van der Waals surface area contributed by atoms with Gasteiger partial charge in [-0.15, -0.1) is 5.10 Å². The summed E-state index contributed by atoms with van der Waals surface area (Å²) in [7, 11) is 1.93. The molecule has 1 N–H and O–H groups in total. The second-order valence-electron chi connectivity index (χ2n) is 6.60. The fourth-order valence-corrected chi connectivity index (χ4v) is 2.98. The predicted molar refractivity (Wildman–Crippen MR) is 82.1 cm³/mol. The van der Waals surface area contributed by atoms with Crippen LogP contribution in [-0.4, -0.2) is 47.9 Å². The molecule has 0 aliphatic carbocycles. The van der Waals surface area contributed by atoms with Gasteiger partial charge in [-0.25, -0.2) is 4.68 Å². The number of hydrogen-bond acceptors (Lipinski definition) is 5. The molecule has 0 amide bonds. The molecular formula is C15H24N6O. The van der Waals surface area contributed by atoms with Crippen molar-refractivity contribution in [2.45, 2.75) is 45.4 Å². The van der Waals surface area contributed by atoms with E-state index in [0.717, 1.165) is 18.8 Å². The normalized spacial score (nSPS) is 22.8. The van der Waals surface area contributed by atoms with Gasteiger partial charge in [-0.1, -0.05) is 5.21 Å². The minimum Gasteiger partial charge on any atom is -0.382 e. The van der Waals surface area contributed by atoms with Gasteiger partial charge in [0.15, 0.2) is 0 Å². The van der Waals surface area contributed by atoms with Gasteiger partial charge in [-0.3, -0.25) is 9.58 Å². The van der Waals surface area contributed by atoms with Crippen molar-refractivity contribution in [1.82, 2.24) is 29.7 Å². The van der Waals surface area contributed by atoms with Gasteiger partial charge in [-0.05, 0) is 32.8 Å². The smallest absolute Gasteiger partial charge is 0.124 e. The highest BCUT2D eigenvalue weighted by Gasteiger charge is 2.40. The van der Waals surface area contributed by atoms with E-state index in [1.54, 1.807) is 4.68 Å². The van der Waals surface area contributed by atoms with Gasteiger partial charge < -0.3 is 5.11 Å². The van der Waals surface area contributed by atoms with Crippen LogP contribution in [0.3, 0.4) is 0 Å². The van der Waals surface area contributed by atoms with Gasteiger partial charge in [0.25, 0.3) is 0 Å². The lowest BCUT2D eigenvalue weighted by Gasteiger charge is -2.20. The van der Waals surface area contributed by atoms with Crippen LogP contribution in [-0.2, 0) is 19.2 Å². The number of rotatable bonds is 4. The third-order valence-electron chi connectivity index (χ3n) is 4.33. The molecule has 1 aliphatic rings. The summed E-state index contributed by atoms with van der Waals surface area (Å²) in [6.45, 7) is 8.33. The van der Waals surface area contributed by atoms with Crippen LogP contribution in [0.5, 0.6) is 0 Å². The van der Waals surface area contributed by atoms with Crippen LogP contribution >= 0.6 is 0 Å². The van der Waals surface area contributed by atoms with Gasteiger partial charge in [0, 0.05) is 38.9 Å². The zero-order chi connectivity index (χ0) is 15.9. The molecular weight excluding hydrogens is 280 g/mol. The van der Waals surface area contributed by atoms with E-state index in [1.165, 1.54) is 5.56 Å². The highest BCUT2D eigenvalue weighted by atomic mass is 16.3. The molecule has 0 bridgehead atoms. The SMILES string of the molecule is Cc1cn(C)nc1CN1CCC(O)(c2cn(C(C)C)nn2)C1. The molecule has 0 spiro atoms.